The van der Waals surface area contributed by atoms with Crippen molar-refractivity contribution in [3.05, 3.63) is 10.1 Å². The van der Waals surface area contributed by atoms with Gasteiger partial charge in [0.2, 0.25) is 0 Å². The second kappa shape index (κ2) is 4.55. The maximum atomic E-state index is 9.64. The van der Waals surface area contributed by atoms with Crippen LogP contribution in [0.15, 0.2) is 0 Å². The van der Waals surface area contributed by atoms with Gasteiger partial charge in [-0.1, -0.05) is 29.3 Å². The van der Waals surface area contributed by atoms with Crippen molar-refractivity contribution < 1.29 is 9.92 Å². The number of rotatable bonds is 4. The Hall–Kier alpha value is -0.320. The minimum Gasteiger partial charge on any atom is -0.299 e. The second-order valence-electron chi connectivity index (χ2n) is 1.53. The zero-order valence-electron chi connectivity index (χ0n) is 5.04. The maximum absolute atomic E-state index is 9.64. The van der Waals surface area contributed by atoms with E-state index in [9.17, 15) is 10.1 Å². The first kappa shape index (κ1) is 8.68. The molecule has 0 rings (SSSR count). The van der Waals surface area contributed by atoms with E-state index >= 15 is 0 Å². The van der Waals surface area contributed by atoms with Crippen molar-refractivity contribution in [2.45, 2.75) is 24.8 Å². The van der Waals surface area contributed by atoms with E-state index in [0.717, 1.165) is 6.42 Å². The quantitative estimate of drug-likeness (QED) is 0.392. The van der Waals surface area contributed by atoms with E-state index in [1.54, 1.807) is 0 Å². The summed E-state index contributed by atoms with van der Waals surface area (Å²) in [4.78, 5) is 13.8. The van der Waals surface area contributed by atoms with Gasteiger partial charge < -0.3 is 0 Å². The summed E-state index contributed by atoms with van der Waals surface area (Å²) in [5, 5.41) is 8.39. The zero-order valence-corrected chi connectivity index (χ0v) is 6.63. The molecule has 0 spiro atoms. The molecule has 0 aliphatic heterocycles. The number of hydrogen-bond acceptors (Lipinski definition) is 3. The minimum atomic E-state index is -0.797. The smallest absolute Gasteiger partial charge is 0.295 e. The van der Waals surface area contributed by atoms with Crippen molar-refractivity contribution in [3.63, 3.8) is 0 Å². The average Bonchev–Trinajstić information content (AvgIpc) is 1.63. The molecule has 5 heteroatoms. The lowest BCUT2D eigenvalue weighted by atomic mass is 10.4. The third kappa shape index (κ3) is 5.55. The fraction of sp³-hybridized carbons (Fsp3) is 1.00. The fourth-order valence-electron chi connectivity index (χ4n) is 0.373. The number of hydrogen-bond donors (Lipinski definition) is 0. The maximum Gasteiger partial charge on any atom is 0.295 e. The van der Waals surface area contributed by atoms with Crippen LogP contribution in [-0.2, 0) is 4.84 Å². The second-order valence-corrected chi connectivity index (χ2v) is 2.55. The van der Waals surface area contributed by atoms with E-state index in [2.05, 4.69) is 20.8 Å². The van der Waals surface area contributed by atoms with E-state index in [1.807, 2.05) is 6.92 Å². The van der Waals surface area contributed by atoms with Crippen molar-refractivity contribution in [2.24, 2.45) is 0 Å². The van der Waals surface area contributed by atoms with Crippen LogP contribution < -0.4 is 0 Å². The van der Waals surface area contributed by atoms with Crippen LogP contribution in [0.2, 0.25) is 0 Å². The zero-order chi connectivity index (χ0) is 7.28. The van der Waals surface area contributed by atoms with Crippen LogP contribution in [0.1, 0.15) is 19.8 Å². The summed E-state index contributed by atoms with van der Waals surface area (Å²) >= 11 is 2.97. The van der Waals surface area contributed by atoms with Crippen LogP contribution in [0, 0.1) is 10.1 Å². The number of alkyl halides is 1. The van der Waals surface area contributed by atoms with Crippen LogP contribution >= 0.6 is 15.9 Å². The lowest BCUT2D eigenvalue weighted by Crippen LogP contribution is -2.09. The van der Waals surface area contributed by atoms with Crippen LogP contribution in [0.3, 0.4) is 0 Å². The van der Waals surface area contributed by atoms with Crippen LogP contribution in [0.4, 0.5) is 0 Å². The first-order chi connectivity index (χ1) is 4.16. The summed E-state index contributed by atoms with van der Waals surface area (Å²) < 4.78 is 0. The third-order valence-electron chi connectivity index (χ3n) is 0.716. The molecule has 0 saturated carbocycles. The molecular formula is C4H8BrNO3. The molecule has 0 aromatic carbocycles. The molecule has 0 N–H and O–H groups in total. The lowest BCUT2D eigenvalue weighted by molar-refractivity contribution is -0.761. The van der Waals surface area contributed by atoms with E-state index in [0.29, 0.717) is 6.42 Å². The molecule has 0 fully saturated rings. The predicted molar refractivity (Wildman–Crippen MR) is 35.7 cm³/mol. The largest absolute Gasteiger partial charge is 0.299 e. The van der Waals surface area contributed by atoms with E-state index in [1.165, 1.54) is 0 Å². The summed E-state index contributed by atoms with van der Waals surface area (Å²) in [5.74, 6) is 0. The Morgan fingerprint density at radius 3 is 2.78 bits per heavy atom. The van der Waals surface area contributed by atoms with Gasteiger partial charge in [0.15, 0.2) is 5.01 Å². The normalized spacial score (nSPS) is 12.7. The standard InChI is InChI=1S/C4H8BrNO3/c1-2-3-4(5)9-6(7)8/h4H,2-3H2,1H3. The Kier molecular flexibility index (Phi) is 4.39. The molecule has 0 aliphatic carbocycles. The molecule has 1 unspecified atom stereocenters. The van der Waals surface area contributed by atoms with E-state index in [-0.39, 0.29) is 0 Å². The Morgan fingerprint density at radius 2 is 2.44 bits per heavy atom. The van der Waals surface area contributed by atoms with E-state index < -0.39 is 10.1 Å². The fourth-order valence-corrected chi connectivity index (χ4v) is 0.967. The van der Waals surface area contributed by atoms with Gasteiger partial charge >= 0.3 is 0 Å². The highest BCUT2D eigenvalue weighted by molar-refractivity contribution is 9.09. The molecule has 0 saturated heterocycles. The summed E-state index contributed by atoms with van der Waals surface area (Å²) in [6.07, 6.45) is 1.52. The van der Waals surface area contributed by atoms with Gasteiger partial charge in [0.05, 0.1) is 0 Å². The summed E-state index contributed by atoms with van der Waals surface area (Å²) in [7, 11) is 0. The summed E-state index contributed by atoms with van der Waals surface area (Å²) in [5.41, 5.74) is 0. The molecule has 0 aromatic rings. The molecule has 4 nitrogen and oxygen atoms in total. The summed E-state index contributed by atoms with van der Waals surface area (Å²) in [6, 6.07) is 0. The van der Waals surface area contributed by atoms with Gasteiger partial charge in [-0.3, -0.25) is 4.84 Å². The summed E-state index contributed by atoms with van der Waals surface area (Å²) in [6.45, 7) is 1.93. The van der Waals surface area contributed by atoms with Crippen molar-refractivity contribution >= 4 is 15.9 Å². The molecule has 1 atom stereocenters. The molecule has 0 aliphatic rings. The van der Waals surface area contributed by atoms with Gasteiger partial charge in [0.1, 0.15) is 0 Å². The molecule has 0 heterocycles. The molecule has 0 radical (unpaired) electrons. The van der Waals surface area contributed by atoms with Gasteiger partial charge in [-0.25, -0.2) is 0 Å². The van der Waals surface area contributed by atoms with Crippen molar-refractivity contribution in [2.75, 3.05) is 0 Å². The highest BCUT2D eigenvalue weighted by Crippen LogP contribution is 2.08. The van der Waals surface area contributed by atoms with E-state index in [4.69, 9.17) is 0 Å². The predicted octanol–water partition coefficient (Wildman–Crippen LogP) is 1.72. The molecule has 0 amide bonds. The molecule has 54 valence electrons. The monoisotopic (exact) mass is 197 g/mol. The molecule has 0 bridgehead atoms. The minimum absolute atomic E-state index is 0.447. The lowest BCUT2D eigenvalue weighted by Gasteiger charge is -2.03. The Labute approximate surface area is 61.4 Å². The van der Waals surface area contributed by atoms with Crippen LogP contribution in [0.25, 0.3) is 0 Å². The first-order valence-electron chi connectivity index (χ1n) is 2.62. The molecular weight excluding hydrogens is 190 g/mol. The molecule has 0 aromatic heterocycles. The first-order valence-corrected chi connectivity index (χ1v) is 3.53. The van der Waals surface area contributed by atoms with Crippen molar-refractivity contribution in [1.82, 2.24) is 0 Å². The van der Waals surface area contributed by atoms with Crippen molar-refractivity contribution in [1.29, 1.82) is 0 Å². The van der Waals surface area contributed by atoms with Gasteiger partial charge in [-0.15, -0.1) is 10.1 Å². The Morgan fingerprint density at radius 1 is 1.89 bits per heavy atom. The molecule has 9 heavy (non-hydrogen) atoms. The number of nitrogens with zero attached hydrogens (tertiary/aromatic N) is 1. The van der Waals surface area contributed by atoms with Crippen LogP contribution in [-0.4, -0.2) is 10.1 Å². The van der Waals surface area contributed by atoms with Gasteiger partial charge in [-0.2, -0.15) is 0 Å². The highest BCUT2D eigenvalue weighted by atomic mass is 79.9. The number of halogens is 1. The van der Waals surface area contributed by atoms with Crippen molar-refractivity contribution in [3.8, 4) is 0 Å². The topological polar surface area (TPSA) is 52.4 Å². The van der Waals surface area contributed by atoms with Gasteiger partial charge in [-0.05, 0) is 6.42 Å². The highest BCUT2D eigenvalue weighted by Gasteiger charge is 2.05. The Balaban J connectivity index is 3.26. The SMILES string of the molecule is CCCC(Br)O[N+](=O)[O-]. The Bertz CT molecular complexity index is 97.8. The van der Waals surface area contributed by atoms with Gasteiger partial charge in [0.25, 0.3) is 5.09 Å². The third-order valence-corrected chi connectivity index (χ3v) is 1.34. The average molecular weight is 198 g/mol. The van der Waals surface area contributed by atoms with Gasteiger partial charge in [0, 0.05) is 0 Å². The van der Waals surface area contributed by atoms with Crippen LogP contribution in [0.5, 0.6) is 0 Å².